The lowest BCUT2D eigenvalue weighted by Gasteiger charge is -1.92. The first kappa shape index (κ1) is 3.58. The molecule has 0 bridgehead atoms. The van der Waals surface area contributed by atoms with Crippen LogP contribution in [0.4, 0.5) is 0 Å². The predicted molar refractivity (Wildman–Crippen MR) is 20.7 cm³/mol. The molecule has 6 heavy (non-hydrogen) atoms. The molecule has 1 rings (SSSR count). The van der Waals surface area contributed by atoms with E-state index in [9.17, 15) is 0 Å². The van der Waals surface area contributed by atoms with Gasteiger partial charge in [0.2, 0.25) is 0 Å². The molecule has 0 saturated heterocycles. The molecule has 4 nitrogen and oxygen atoms in total. The summed E-state index contributed by atoms with van der Waals surface area (Å²) in [5, 5.41) is 0. The Morgan fingerprint density at radius 3 is 3.00 bits per heavy atom. The topological polar surface area (TPSA) is 59.6 Å². The molecular formula is C2H5N3O. The minimum absolute atomic E-state index is 0.356. The monoisotopic (exact) mass is 87.0 g/mol. The number of rotatable bonds is 0. The number of aliphatic imine (C=N–C) groups is 1. The van der Waals surface area contributed by atoms with E-state index in [1.807, 2.05) is 0 Å². The van der Waals surface area contributed by atoms with Gasteiger partial charge in [-0.15, -0.1) is 5.48 Å². The molecule has 0 aromatic carbocycles. The zero-order valence-corrected chi connectivity index (χ0v) is 3.09. The molecule has 0 amide bonds. The summed E-state index contributed by atoms with van der Waals surface area (Å²) >= 11 is 0. The van der Waals surface area contributed by atoms with Crippen molar-refractivity contribution in [2.45, 2.75) is 6.29 Å². The van der Waals surface area contributed by atoms with Crippen LogP contribution in [0.2, 0.25) is 0 Å². The van der Waals surface area contributed by atoms with Crippen molar-refractivity contribution >= 4 is 6.40 Å². The summed E-state index contributed by atoms with van der Waals surface area (Å²) in [6, 6.07) is 0. The van der Waals surface area contributed by atoms with Crippen molar-refractivity contribution < 1.29 is 4.84 Å². The minimum atomic E-state index is -0.356. The van der Waals surface area contributed by atoms with Gasteiger partial charge in [-0.2, -0.15) is 0 Å². The molecule has 1 unspecified atom stereocenters. The zero-order chi connectivity index (χ0) is 4.41. The summed E-state index contributed by atoms with van der Waals surface area (Å²) in [5.74, 6) is 0. The maximum atomic E-state index is 5.10. The highest BCUT2D eigenvalue weighted by atomic mass is 16.7. The van der Waals surface area contributed by atoms with Crippen LogP contribution in [0.1, 0.15) is 0 Å². The number of nitrogens with zero attached hydrogens (tertiary/aromatic N) is 1. The highest BCUT2D eigenvalue weighted by Gasteiger charge is 1.99. The van der Waals surface area contributed by atoms with Gasteiger partial charge < -0.3 is 4.84 Å². The Morgan fingerprint density at radius 2 is 2.83 bits per heavy atom. The van der Waals surface area contributed by atoms with Gasteiger partial charge in [-0.05, 0) is 0 Å². The van der Waals surface area contributed by atoms with Crippen LogP contribution in [0.15, 0.2) is 4.99 Å². The van der Waals surface area contributed by atoms with Crippen molar-refractivity contribution in [2.24, 2.45) is 10.7 Å². The Morgan fingerprint density at radius 1 is 2.00 bits per heavy atom. The van der Waals surface area contributed by atoms with Crippen LogP contribution in [0.5, 0.6) is 0 Å². The average Bonchev–Trinajstić information content (AvgIpc) is 1.86. The second-order valence-corrected chi connectivity index (χ2v) is 0.935. The third kappa shape index (κ3) is 0.474. The van der Waals surface area contributed by atoms with E-state index >= 15 is 0 Å². The zero-order valence-electron chi connectivity index (χ0n) is 3.09. The molecule has 0 aliphatic carbocycles. The molecular weight excluding hydrogens is 82.0 g/mol. The van der Waals surface area contributed by atoms with Gasteiger partial charge >= 0.3 is 0 Å². The van der Waals surface area contributed by atoms with Gasteiger partial charge in [0.1, 0.15) is 0 Å². The number of nitrogens with two attached hydrogens (primary N) is 1. The van der Waals surface area contributed by atoms with Crippen LogP contribution in [-0.2, 0) is 4.84 Å². The predicted octanol–water partition coefficient (Wildman–Crippen LogP) is -1.21. The van der Waals surface area contributed by atoms with Crippen LogP contribution in [0.25, 0.3) is 0 Å². The van der Waals surface area contributed by atoms with Crippen LogP contribution in [-0.4, -0.2) is 12.7 Å². The summed E-state index contributed by atoms with van der Waals surface area (Å²) in [4.78, 5) is 7.95. The third-order valence-corrected chi connectivity index (χ3v) is 0.463. The number of hydrogen-bond acceptors (Lipinski definition) is 4. The fourth-order valence-corrected chi connectivity index (χ4v) is 0.227. The molecule has 1 aliphatic rings. The minimum Gasteiger partial charge on any atom is -0.393 e. The molecule has 1 atom stereocenters. The molecule has 0 aromatic rings. The molecule has 1 heterocycles. The highest BCUT2D eigenvalue weighted by Crippen LogP contribution is 1.78. The molecule has 4 heteroatoms. The first-order valence-electron chi connectivity index (χ1n) is 1.58. The average molecular weight is 87.1 g/mol. The summed E-state index contributed by atoms with van der Waals surface area (Å²) in [5.41, 5.74) is 7.48. The highest BCUT2D eigenvalue weighted by molar-refractivity contribution is 5.47. The smallest absolute Gasteiger partial charge is 0.199 e. The second kappa shape index (κ2) is 1.24. The fraction of sp³-hybridized carbons (Fsp3) is 0.500. The normalized spacial score (nSPS) is 30.5. The maximum Gasteiger partial charge on any atom is 0.199 e. The first-order chi connectivity index (χ1) is 2.89. The number of nitrogens with one attached hydrogen (secondary N) is 1. The second-order valence-electron chi connectivity index (χ2n) is 0.935. The Bertz CT molecular complexity index is 71.2. The lowest BCUT2D eigenvalue weighted by molar-refractivity contribution is 0.190. The Balaban J connectivity index is 2.38. The molecule has 0 fully saturated rings. The maximum absolute atomic E-state index is 5.10. The summed E-state index contributed by atoms with van der Waals surface area (Å²) in [6.07, 6.45) is 0.912. The summed E-state index contributed by atoms with van der Waals surface area (Å²) in [7, 11) is 0. The summed E-state index contributed by atoms with van der Waals surface area (Å²) in [6.45, 7) is 0. The van der Waals surface area contributed by atoms with Gasteiger partial charge in [-0.25, -0.2) is 4.99 Å². The van der Waals surface area contributed by atoms with Gasteiger partial charge in [-0.1, -0.05) is 0 Å². The Hall–Kier alpha value is -0.610. The van der Waals surface area contributed by atoms with Crippen molar-refractivity contribution in [3.8, 4) is 0 Å². The first-order valence-corrected chi connectivity index (χ1v) is 1.58. The van der Waals surface area contributed by atoms with Crippen molar-refractivity contribution in [1.29, 1.82) is 0 Å². The molecule has 0 saturated carbocycles. The van der Waals surface area contributed by atoms with Gasteiger partial charge in [0.05, 0.1) is 0 Å². The quantitative estimate of drug-likeness (QED) is 0.390. The molecule has 0 spiro atoms. The van der Waals surface area contributed by atoms with Crippen molar-refractivity contribution in [3.63, 3.8) is 0 Å². The van der Waals surface area contributed by atoms with E-state index in [0.29, 0.717) is 0 Å². The standard InChI is InChI=1S/C2H5N3O/c3-2-4-1-6-5-2/h1-2,5H,3H2. The Labute approximate surface area is 35.0 Å². The third-order valence-electron chi connectivity index (χ3n) is 0.463. The van der Waals surface area contributed by atoms with E-state index in [1.165, 1.54) is 6.40 Å². The van der Waals surface area contributed by atoms with E-state index in [1.54, 1.807) is 0 Å². The van der Waals surface area contributed by atoms with Gasteiger partial charge in [-0.3, -0.25) is 5.73 Å². The SMILES string of the molecule is NC1N=CON1. The molecule has 1 aliphatic heterocycles. The van der Waals surface area contributed by atoms with Crippen molar-refractivity contribution in [1.82, 2.24) is 5.48 Å². The van der Waals surface area contributed by atoms with E-state index in [4.69, 9.17) is 5.73 Å². The van der Waals surface area contributed by atoms with Crippen molar-refractivity contribution in [3.05, 3.63) is 0 Å². The number of hydrogen-bond donors (Lipinski definition) is 2. The molecule has 0 aromatic heterocycles. The van der Waals surface area contributed by atoms with Crippen LogP contribution < -0.4 is 11.2 Å². The Kier molecular flexibility index (Phi) is 0.736. The van der Waals surface area contributed by atoms with E-state index in [0.717, 1.165) is 0 Å². The van der Waals surface area contributed by atoms with E-state index in [-0.39, 0.29) is 6.29 Å². The largest absolute Gasteiger partial charge is 0.393 e. The van der Waals surface area contributed by atoms with Crippen molar-refractivity contribution in [2.75, 3.05) is 0 Å². The molecule has 0 radical (unpaired) electrons. The van der Waals surface area contributed by atoms with Crippen LogP contribution in [0.3, 0.4) is 0 Å². The fourth-order valence-electron chi connectivity index (χ4n) is 0.227. The van der Waals surface area contributed by atoms with E-state index < -0.39 is 0 Å². The van der Waals surface area contributed by atoms with Crippen LogP contribution in [0, 0.1) is 0 Å². The van der Waals surface area contributed by atoms with Gasteiger partial charge in [0.15, 0.2) is 12.7 Å². The lowest BCUT2D eigenvalue weighted by atomic mass is 11.0. The van der Waals surface area contributed by atoms with Gasteiger partial charge in [0.25, 0.3) is 0 Å². The molecule has 34 valence electrons. The summed E-state index contributed by atoms with van der Waals surface area (Å²) < 4.78 is 0. The lowest BCUT2D eigenvalue weighted by Crippen LogP contribution is -2.29. The van der Waals surface area contributed by atoms with Gasteiger partial charge in [0, 0.05) is 0 Å². The molecule has 3 N–H and O–H groups in total. The number of hydroxylamine groups is 1. The van der Waals surface area contributed by atoms with Crippen LogP contribution >= 0.6 is 0 Å². The van der Waals surface area contributed by atoms with E-state index in [2.05, 4.69) is 15.3 Å².